The van der Waals surface area contributed by atoms with Crippen LogP contribution >= 0.6 is 0 Å². The molecule has 6 heteroatoms. The molecule has 1 atom stereocenters. The van der Waals surface area contributed by atoms with Crippen LogP contribution < -0.4 is 10.2 Å². The molecule has 1 aliphatic rings. The van der Waals surface area contributed by atoms with E-state index in [4.69, 9.17) is 9.73 Å². The zero-order chi connectivity index (χ0) is 37.7. The number of carbonyl (C=O) groups excluding carboxylic acids is 2. The van der Waals surface area contributed by atoms with Crippen LogP contribution in [-0.4, -0.2) is 23.5 Å². The van der Waals surface area contributed by atoms with E-state index in [1.807, 2.05) is 54.6 Å². The third-order valence-corrected chi connectivity index (χ3v) is 10.6. The van der Waals surface area contributed by atoms with Gasteiger partial charge in [0.2, 0.25) is 0 Å². The lowest BCUT2D eigenvalue weighted by molar-refractivity contribution is -0.120. The molecule has 1 aliphatic heterocycles. The molecular formula is C47H73N3O3. The number of carbonyl (C=O) groups is 2. The van der Waals surface area contributed by atoms with Gasteiger partial charge in [0.05, 0.1) is 18.3 Å². The van der Waals surface area contributed by atoms with Gasteiger partial charge in [-0.25, -0.2) is 0 Å². The number of hydrogen-bond donors (Lipinski definition) is 1. The van der Waals surface area contributed by atoms with E-state index < -0.39 is 5.66 Å². The van der Waals surface area contributed by atoms with Crippen LogP contribution in [0.25, 0.3) is 0 Å². The van der Waals surface area contributed by atoms with Crippen LogP contribution in [0.2, 0.25) is 0 Å². The van der Waals surface area contributed by atoms with Gasteiger partial charge in [-0.2, -0.15) is 5.10 Å². The topological polar surface area (TPSA) is 80.1 Å². The van der Waals surface area contributed by atoms with E-state index in [9.17, 15) is 9.59 Å². The van der Waals surface area contributed by atoms with E-state index >= 15 is 0 Å². The van der Waals surface area contributed by atoms with Crippen molar-refractivity contribution < 1.29 is 14.3 Å². The molecule has 0 aromatic heterocycles. The molecule has 0 saturated carbocycles. The monoisotopic (exact) mass is 728 g/mol. The molecule has 2 aromatic rings. The highest BCUT2D eigenvalue weighted by atomic mass is 16.5. The van der Waals surface area contributed by atoms with Crippen LogP contribution in [-0.2, 0) is 15.3 Å². The Balaban J connectivity index is 1.48. The van der Waals surface area contributed by atoms with E-state index in [0.717, 1.165) is 37.0 Å². The van der Waals surface area contributed by atoms with Crippen molar-refractivity contribution in [2.24, 2.45) is 10.1 Å². The van der Waals surface area contributed by atoms with Crippen molar-refractivity contribution in [3.8, 4) is 11.5 Å². The smallest absolute Gasteiger partial charge is 0.177 e. The molecule has 0 saturated heterocycles. The highest BCUT2D eigenvalue weighted by Gasteiger charge is 2.36. The molecule has 0 spiro atoms. The van der Waals surface area contributed by atoms with Crippen LogP contribution in [0.3, 0.4) is 0 Å². The van der Waals surface area contributed by atoms with Crippen molar-refractivity contribution in [2.45, 2.75) is 199 Å². The Morgan fingerprint density at radius 1 is 0.547 bits per heavy atom. The molecule has 0 aliphatic carbocycles. The first kappa shape index (κ1) is 44.1. The summed E-state index contributed by atoms with van der Waals surface area (Å²) in [4.78, 5) is 31.6. The molecule has 1 heterocycles. The molecule has 0 fully saturated rings. The normalized spacial score (nSPS) is 15.2. The van der Waals surface area contributed by atoms with E-state index in [0.29, 0.717) is 24.3 Å². The molecule has 0 radical (unpaired) electrons. The fourth-order valence-electron chi connectivity index (χ4n) is 7.32. The number of hydrazone groups is 1. The third-order valence-electron chi connectivity index (χ3n) is 10.6. The maximum Gasteiger partial charge on any atom is 0.177 e. The number of ketones is 2. The number of rotatable bonds is 33. The second-order valence-corrected chi connectivity index (χ2v) is 15.5. The van der Waals surface area contributed by atoms with Crippen molar-refractivity contribution in [1.82, 2.24) is 5.43 Å². The quantitative estimate of drug-likeness (QED) is 0.0742. The van der Waals surface area contributed by atoms with Gasteiger partial charge in [0.15, 0.2) is 5.66 Å². The average Bonchev–Trinajstić information content (AvgIpc) is 3.16. The zero-order valence-electron chi connectivity index (χ0n) is 33.7. The zero-order valence-corrected chi connectivity index (χ0v) is 33.7. The fraction of sp³-hybridized carbons (Fsp3) is 0.660. The first-order valence-corrected chi connectivity index (χ1v) is 21.8. The summed E-state index contributed by atoms with van der Waals surface area (Å²) in [5, 5.41) is 4.48. The van der Waals surface area contributed by atoms with Crippen molar-refractivity contribution >= 4 is 23.5 Å². The molecule has 0 bridgehead atoms. The summed E-state index contributed by atoms with van der Waals surface area (Å²) in [6.07, 6.45) is 33.7. The minimum absolute atomic E-state index is 0.164. The predicted octanol–water partition coefficient (Wildman–Crippen LogP) is 13.8. The summed E-state index contributed by atoms with van der Waals surface area (Å²) in [5.41, 5.74) is 3.63. The third kappa shape index (κ3) is 19.6. The summed E-state index contributed by atoms with van der Waals surface area (Å²) < 4.78 is 6.03. The maximum atomic E-state index is 13.5. The summed E-state index contributed by atoms with van der Waals surface area (Å²) >= 11 is 0. The summed E-state index contributed by atoms with van der Waals surface area (Å²) in [7, 11) is 0. The van der Waals surface area contributed by atoms with Crippen LogP contribution in [0.1, 0.15) is 199 Å². The number of nitrogens with one attached hydrogen (secondary N) is 1. The molecule has 1 unspecified atom stereocenters. The number of ether oxygens (including phenoxy) is 1. The average molecular weight is 728 g/mol. The van der Waals surface area contributed by atoms with Crippen molar-refractivity contribution in [3.05, 3.63) is 60.2 Å². The predicted molar refractivity (Wildman–Crippen MR) is 224 cm³/mol. The van der Waals surface area contributed by atoms with Gasteiger partial charge in [0.1, 0.15) is 23.1 Å². The largest absolute Gasteiger partial charge is 0.457 e. The minimum Gasteiger partial charge on any atom is -0.457 e. The molecule has 2 aromatic carbocycles. The molecule has 1 N–H and O–H groups in total. The maximum absolute atomic E-state index is 13.5. The first-order valence-electron chi connectivity index (χ1n) is 21.8. The highest BCUT2D eigenvalue weighted by Crippen LogP contribution is 2.33. The lowest BCUT2D eigenvalue weighted by Gasteiger charge is -2.32. The molecule has 294 valence electrons. The first-order chi connectivity index (χ1) is 26.0. The lowest BCUT2D eigenvalue weighted by Crippen LogP contribution is -2.43. The Kier molecular flexibility index (Phi) is 23.5. The van der Waals surface area contributed by atoms with Crippen LogP contribution in [0.15, 0.2) is 64.7 Å². The highest BCUT2D eigenvalue weighted by molar-refractivity contribution is 6.35. The summed E-state index contributed by atoms with van der Waals surface area (Å²) in [6, 6.07) is 17.4. The van der Waals surface area contributed by atoms with Crippen molar-refractivity contribution in [3.63, 3.8) is 0 Å². The Morgan fingerprint density at radius 3 is 1.47 bits per heavy atom. The molecular weight excluding hydrogens is 655 g/mol. The van der Waals surface area contributed by atoms with E-state index in [2.05, 4.69) is 24.4 Å². The fourth-order valence-corrected chi connectivity index (χ4v) is 7.32. The Hall–Kier alpha value is -3.28. The molecule has 6 nitrogen and oxygen atoms in total. The van der Waals surface area contributed by atoms with Gasteiger partial charge in [-0.15, -0.1) is 0 Å². The second kappa shape index (κ2) is 28.2. The standard InChI is InChI=1S/C47H73N3O3/c1-3-5-7-9-11-13-15-17-19-21-23-26-30-43(51)38-42-40-48-50-47(49-42,41-34-36-46(37-35-41)53-45-32-28-25-29-33-45)39-44(52)31-27-24-22-20-18-16-14-12-10-8-6-4-2/h25,28-29,32-37,40,50H,3-24,26-27,30-31,38-39H2,1-2H3. The van der Waals surface area contributed by atoms with Crippen LogP contribution in [0, 0.1) is 0 Å². The van der Waals surface area contributed by atoms with E-state index in [-0.39, 0.29) is 24.4 Å². The number of para-hydroxylation sites is 1. The Morgan fingerprint density at radius 2 is 0.981 bits per heavy atom. The molecule has 53 heavy (non-hydrogen) atoms. The number of Topliss-reactive ketones (excluding diaryl/α,β-unsaturated/α-hetero) is 2. The van der Waals surface area contributed by atoms with Gasteiger partial charge >= 0.3 is 0 Å². The Bertz CT molecular complexity index is 1310. The summed E-state index contributed by atoms with van der Waals surface area (Å²) in [6.45, 7) is 4.54. The number of hydrogen-bond acceptors (Lipinski definition) is 6. The number of unbranched alkanes of at least 4 members (excludes halogenated alkanes) is 22. The number of aliphatic imine (C=N–C) groups is 1. The Labute approximate surface area is 323 Å². The van der Waals surface area contributed by atoms with Crippen LogP contribution in [0.5, 0.6) is 11.5 Å². The van der Waals surface area contributed by atoms with Gasteiger partial charge in [-0.3, -0.25) is 20.0 Å². The van der Waals surface area contributed by atoms with Crippen molar-refractivity contribution in [2.75, 3.05) is 0 Å². The van der Waals surface area contributed by atoms with Crippen LogP contribution in [0.4, 0.5) is 0 Å². The van der Waals surface area contributed by atoms with Crippen molar-refractivity contribution in [1.29, 1.82) is 0 Å². The van der Waals surface area contributed by atoms with E-state index in [1.165, 1.54) is 128 Å². The van der Waals surface area contributed by atoms with Gasteiger partial charge < -0.3 is 4.74 Å². The van der Waals surface area contributed by atoms with E-state index in [1.54, 1.807) is 6.21 Å². The SMILES string of the molecule is CCCCCCCCCCCCCCC(=O)CC1=NC(CC(=O)CCCCCCCCCCCCCC)(c2ccc(Oc3ccccc3)cc2)NN=C1. The number of nitrogens with zero attached hydrogens (tertiary/aromatic N) is 2. The van der Waals surface area contributed by atoms with Gasteiger partial charge in [-0.05, 0) is 37.1 Å². The minimum atomic E-state index is -1.04. The van der Waals surface area contributed by atoms with Gasteiger partial charge in [0.25, 0.3) is 0 Å². The molecule has 0 amide bonds. The number of benzene rings is 2. The van der Waals surface area contributed by atoms with Gasteiger partial charge in [0, 0.05) is 24.8 Å². The molecule has 3 rings (SSSR count). The van der Waals surface area contributed by atoms with Gasteiger partial charge in [-0.1, -0.05) is 185 Å². The lowest BCUT2D eigenvalue weighted by atomic mass is 9.91. The summed E-state index contributed by atoms with van der Waals surface area (Å²) in [5.74, 6) is 1.82. The second-order valence-electron chi connectivity index (χ2n) is 15.5.